The summed E-state index contributed by atoms with van der Waals surface area (Å²) >= 11 is 0. The molecule has 26 heavy (non-hydrogen) atoms. The van der Waals surface area contributed by atoms with Gasteiger partial charge in [0.05, 0.1) is 11.6 Å². The molecule has 1 unspecified atom stereocenters. The van der Waals surface area contributed by atoms with Crippen LogP contribution < -0.4 is 10.2 Å². The number of amides is 2. The second-order valence-corrected chi connectivity index (χ2v) is 7.35. The van der Waals surface area contributed by atoms with Crippen LogP contribution in [0.3, 0.4) is 0 Å². The van der Waals surface area contributed by atoms with Crippen molar-refractivity contribution in [3.63, 3.8) is 0 Å². The van der Waals surface area contributed by atoms with Gasteiger partial charge in [-0.3, -0.25) is 24.0 Å². The molecular formula is C18H26N4O4. The highest BCUT2D eigenvalue weighted by Crippen LogP contribution is 2.29. The van der Waals surface area contributed by atoms with E-state index in [1.165, 1.54) is 0 Å². The van der Waals surface area contributed by atoms with Gasteiger partial charge in [0, 0.05) is 25.6 Å². The van der Waals surface area contributed by atoms with E-state index in [4.69, 9.17) is 5.11 Å². The van der Waals surface area contributed by atoms with Crippen molar-refractivity contribution in [1.82, 2.24) is 15.1 Å². The number of rotatable bonds is 4. The number of aliphatic carboxylic acids is 1. The number of carbonyl (C=O) groups excluding carboxylic acids is 2. The van der Waals surface area contributed by atoms with E-state index in [0.29, 0.717) is 38.6 Å². The number of aryl methyl sites for hydroxylation is 2. The Bertz CT molecular complexity index is 706. The van der Waals surface area contributed by atoms with Gasteiger partial charge in [0.25, 0.3) is 5.91 Å². The molecule has 0 bridgehead atoms. The lowest BCUT2D eigenvalue weighted by Crippen LogP contribution is -2.54. The van der Waals surface area contributed by atoms with Crippen LogP contribution in [0.4, 0.5) is 5.82 Å². The molecule has 1 saturated heterocycles. The Labute approximate surface area is 152 Å². The average Bonchev–Trinajstić information content (AvgIpc) is 2.95. The van der Waals surface area contributed by atoms with E-state index < -0.39 is 12.0 Å². The molecule has 2 amide bonds. The fourth-order valence-electron chi connectivity index (χ4n) is 3.98. The molecule has 2 heterocycles. The van der Waals surface area contributed by atoms with Crippen molar-refractivity contribution in [2.45, 2.75) is 51.5 Å². The number of nitrogens with one attached hydrogen (secondary N) is 1. The molecule has 2 aliphatic rings. The van der Waals surface area contributed by atoms with Crippen LogP contribution in [0, 0.1) is 18.8 Å². The summed E-state index contributed by atoms with van der Waals surface area (Å²) in [5.74, 6) is -0.824. The van der Waals surface area contributed by atoms with Gasteiger partial charge in [-0.1, -0.05) is 0 Å². The Balaban J connectivity index is 1.61. The minimum absolute atomic E-state index is 0.105. The van der Waals surface area contributed by atoms with Crippen molar-refractivity contribution >= 4 is 23.6 Å². The number of carboxylic acid groups (broad SMARTS) is 1. The SMILES string of the molecule is Cc1cc(N2CCCC(NC(=O)C3CCC(C(=O)O)CC3)C2=O)n(C)n1. The van der Waals surface area contributed by atoms with E-state index in [2.05, 4.69) is 10.4 Å². The second-order valence-electron chi connectivity index (χ2n) is 7.35. The lowest BCUT2D eigenvalue weighted by molar-refractivity contribution is -0.144. The van der Waals surface area contributed by atoms with Crippen LogP contribution in [0.25, 0.3) is 0 Å². The third-order valence-electron chi connectivity index (χ3n) is 5.46. The van der Waals surface area contributed by atoms with Crippen molar-refractivity contribution in [3.8, 4) is 0 Å². The van der Waals surface area contributed by atoms with Crippen molar-refractivity contribution in [2.75, 3.05) is 11.4 Å². The molecule has 1 aliphatic heterocycles. The molecule has 8 nitrogen and oxygen atoms in total. The van der Waals surface area contributed by atoms with Gasteiger partial charge >= 0.3 is 5.97 Å². The second kappa shape index (κ2) is 7.47. The number of carboxylic acids is 1. The molecule has 142 valence electrons. The highest BCUT2D eigenvalue weighted by molar-refractivity contribution is 5.99. The molecule has 0 spiro atoms. The Hall–Kier alpha value is -2.38. The molecule has 3 rings (SSSR count). The quantitative estimate of drug-likeness (QED) is 0.838. The van der Waals surface area contributed by atoms with Gasteiger partial charge in [-0.2, -0.15) is 5.10 Å². The number of aromatic nitrogens is 2. The maximum absolute atomic E-state index is 12.8. The zero-order valence-electron chi connectivity index (χ0n) is 15.3. The number of carbonyl (C=O) groups is 3. The topological polar surface area (TPSA) is 105 Å². The van der Waals surface area contributed by atoms with E-state index in [1.807, 2.05) is 13.0 Å². The summed E-state index contributed by atoms with van der Waals surface area (Å²) in [6, 6.07) is 1.35. The van der Waals surface area contributed by atoms with Crippen LogP contribution in [-0.4, -0.2) is 45.3 Å². The van der Waals surface area contributed by atoms with Crippen molar-refractivity contribution in [1.29, 1.82) is 0 Å². The fraction of sp³-hybridized carbons (Fsp3) is 0.667. The summed E-state index contributed by atoms with van der Waals surface area (Å²) in [7, 11) is 1.80. The molecule has 0 aromatic carbocycles. The highest BCUT2D eigenvalue weighted by Gasteiger charge is 2.35. The fourth-order valence-corrected chi connectivity index (χ4v) is 3.98. The minimum Gasteiger partial charge on any atom is -0.481 e. The van der Waals surface area contributed by atoms with Gasteiger partial charge in [-0.15, -0.1) is 0 Å². The van der Waals surface area contributed by atoms with E-state index >= 15 is 0 Å². The van der Waals surface area contributed by atoms with Gasteiger partial charge in [-0.25, -0.2) is 0 Å². The number of hydrogen-bond acceptors (Lipinski definition) is 4. The molecule has 1 saturated carbocycles. The third-order valence-corrected chi connectivity index (χ3v) is 5.46. The molecule has 0 radical (unpaired) electrons. The standard InChI is InChI=1S/C18H26N4O4/c1-11-10-15(21(2)20-11)22-9-3-4-14(17(22)24)19-16(23)12-5-7-13(8-6-12)18(25)26/h10,12-14H,3-9H2,1-2H3,(H,19,23)(H,25,26). The number of hydrogen-bond donors (Lipinski definition) is 2. The summed E-state index contributed by atoms with van der Waals surface area (Å²) in [6.07, 6.45) is 3.61. The minimum atomic E-state index is -0.784. The predicted octanol–water partition coefficient (Wildman–Crippen LogP) is 1.23. The molecule has 1 atom stereocenters. The zero-order chi connectivity index (χ0) is 18.8. The molecule has 2 fully saturated rings. The summed E-state index contributed by atoms with van der Waals surface area (Å²) < 4.78 is 1.69. The first-order valence-corrected chi connectivity index (χ1v) is 9.22. The van der Waals surface area contributed by atoms with Crippen molar-refractivity contribution in [3.05, 3.63) is 11.8 Å². The molecule has 2 N–H and O–H groups in total. The van der Waals surface area contributed by atoms with Gasteiger partial charge in [0.1, 0.15) is 11.9 Å². The first kappa shape index (κ1) is 18.4. The maximum atomic E-state index is 12.8. The Morgan fingerprint density at radius 2 is 1.85 bits per heavy atom. The van der Waals surface area contributed by atoms with Crippen LogP contribution in [0.2, 0.25) is 0 Å². The smallest absolute Gasteiger partial charge is 0.306 e. The first-order valence-electron chi connectivity index (χ1n) is 9.22. The Morgan fingerprint density at radius 1 is 1.19 bits per heavy atom. The van der Waals surface area contributed by atoms with Gasteiger partial charge in [0.15, 0.2) is 0 Å². The number of anilines is 1. The third kappa shape index (κ3) is 3.73. The van der Waals surface area contributed by atoms with Crippen LogP contribution in [0.1, 0.15) is 44.2 Å². The van der Waals surface area contributed by atoms with Gasteiger partial charge in [0.2, 0.25) is 5.91 Å². The predicted molar refractivity (Wildman–Crippen MR) is 94.5 cm³/mol. The van der Waals surface area contributed by atoms with Crippen LogP contribution in [-0.2, 0) is 21.4 Å². The Kier molecular flexibility index (Phi) is 5.29. The molecule has 1 aromatic rings. The monoisotopic (exact) mass is 362 g/mol. The molecule has 8 heteroatoms. The van der Waals surface area contributed by atoms with Crippen molar-refractivity contribution < 1.29 is 19.5 Å². The van der Waals surface area contributed by atoms with E-state index in [0.717, 1.165) is 17.9 Å². The lowest BCUT2D eigenvalue weighted by atomic mass is 9.81. The normalized spacial score (nSPS) is 26.6. The van der Waals surface area contributed by atoms with Crippen LogP contribution in [0.5, 0.6) is 0 Å². The van der Waals surface area contributed by atoms with Gasteiger partial charge in [-0.05, 0) is 45.4 Å². The lowest BCUT2D eigenvalue weighted by Gasteiger charge is -2.33. The zero-order valence-corrected chi connectivity index (χ0v) is 15.3. The van der Waals surface area contributed by atoms with E-state index in [-0.39, 0.29) is 23.7 Å². The summed E-state index contributed by atoms with van der Waals surface area (Å²) in [6.45, 7) is 2.50. The molecule has 1 aromatic heterocycles. The summed E-state index contributed by atoms with van der Waals surface area (Å²) in [5.41, 5.74) is 0.844. The highest BCUT2D eigenvalue weighted by atomic mass is 16.4. The van der Waals surface area contributed by atoms with E-state index in [9.17, 15) is 14.4 Å². The average molecular weight is 362 g/mol. The van der Waals surface area contributed by atoms with Gasteiger partial charge < -0.3 is 10.4 Å². The first-order chi connectivity index (χ1) is 12.4. The number of piperidine rings is 1. The van der Waals surface area contributed by atoms with Crippen LogP contribution >= 0.6 is 0 Å². The van der Waals surface area contributed by atoms with Crippen molar-refractivity contribution in [2.24, 2.45) is 18.9 Å². The molecular weight excluding hydrogens is 336 g/mol. The van der Waals surface area contributed by atoms with Crippen LogP contribution in [0.15, 0.2) is 6.07 Å². The molecule has 1 aliphatic carbocycles. The number of nitrogens with zero attached hydrogens (tertiary/aromatic N) is 3. The summed E-state index contributed by atoms with van der Waals surface area (Å²) in [4.78, 5) is 38.1. The maximum Gasteiger partial charge on any atom is 0.306 e. The summed E-state index contributed by atoms with van der Waals surface area (Å²) in [5, 5.41) is 16.3. The Morgan fingerprint density at radius 3 is 2.42 bits per heavy atom. The largest absolute Gasteiger partial charge is 0.481 e. The van der Waals surface area contributed by atoms with E-state index in [1.54, 1.807) is 16.6 Å².